The molecule has 350 valence electrons. The third-order valence-electron chi connectivity index (χ3n) is 10.8. The molecule has 0 saturated carbocycles. The molecule has 6 heteroatoms. The number of hydrogen-bond donors (Lipinski definition) is 0. The van der Waals surface area contributed by atoms with Gasteiger partial charge >= 0.3 is 17.9 Å². The van der Waals surface area contributed by atoms with Crippen LogP contribution in [0.25, 0.3) is 0 Å². The van der Waals surface area contributed by atoms with Crippen LogP contribution in [-0.4, -0.2) is 37.2 Å². The van der Waals surface area contributed by atoms with Gasteiger partial charge in [0.2, 0.25) is 0 Å². The summed E-state index contributed by atoms with van der Waals surface area (Å²) in [5.41, 5.74) is 0. The second-order valence-corrected chi connectivity index (χ2v) is 16.8. The SMILES string of the molecule is CC\C=C/C=C\C=C/C=C\CCCCCCCC(=O)OC(COC(=O)CCCC/C=C\C/C=C\CC)COC(=O)CCCCCCCCCCCCCCCCCCCCC. The molecule has 0 spiro atoms. The highest BCUT2D eigenvalue weighted by molar-refractivity contribution is 5.71. The molecule has 0 aliphatic carbocycles. The summed E-state index contributed by atoms with van der Waals surface area (Å²) in [6.45, 7) is 6.33. The largest absolute Gasteiger partial charge is 0.462 e. The normalized spacial score (nSPS) is 12.6. The maximum Gasteiger partial charge on any atom is 0.306 e. The average Bonchev–Trinajstić information content (AvgIpc) is 3.26. The maximum absolute atomic E-state index is 12.8. The molecule has 0 aromatic rings. The van der Waals surface area contributed by atoms with Crippen LogP contribution in [0.2, 0.25) is 0 Å². The second kappa shape index (κ2) is 49.5. The Morgan fingerprint density at radius 3 is 1.21 bits per heavy atom. The number of ether oxygens (including phenoxy) is 3. The van der Waals surface area contributed by atoms with E-state index < -0.39 is 6.10 Å². The van der Waals surface area contributed by atoms with Crippen molar-refractivity contribution in [3.05, 3.63) is 72.9 Å². The van der Waals surface area contributed by atoms with E-state index in [0.29, 0.717) is 19.3 Å². The van der Waals surface area contributed by atoms with Crippen LogP contribution in [0.15, 0.2) is 72.9 Å². The maximum atomic E-state index is 12.8. The smallest absolute Gasteiger partial charge is 0.306 e. The molecule has 0 aliphatic heterocycles. The molecule has 0 rings (SSSR count). The lowest BCUT2D eigenvalue weighted by Gasteiger charge is -2.18. The summed E-state index contributed by atoms with van der Waals surface area (Å²) in [7, 11) is 0. The van der Waals surface area contributed by atoms with Gasteiger partial charge in [0, 0.05) is 19.3 Å². The number of esters is 3. The Hall–Kier alpha value is -3.15. The van der Waals surface area contributed by atoms with Gasteiger partial charge in [-0.15, -0.1) is 0 Å². The standard InChI is InChI=1S/C55H94O6/c1-4-7-10-13-16-19-21-23-25-26-27-28-30-31-33-36-39-42-45-48-54(57)60-51-52(50-59-53(56)47-44-41-38-35-18-15-12-9-6-3)61-55(58)49-46-43-40-37-34-32-29-24-22-20-17-14-11-8-5-2/h8-9,11-12,14,17-18,20,22,24,29,35,52H,4-7,10,13,15-16,19,21,23,25-28,30-34,36-51H2,1-3H3/b11-8-,12-9-,17-14-,22-20-,29-24-,35-18-. The van der Waals surface area contributed by atoms with Crippen molar-refractivity contribution in [3.63, 3.8) is 0 Å². The van der Waals surface area contributed by atoms with E-state index in [1.165, 1.54) is 103 Å². The lowest BCUT2D eigenvalue weighted by atomic mass is 10.0. The Balaban J connectivity index is 4.33. The van der Waals surface area contributed by atoms with Crippen molar-refractivity contribution in [2.75, 3.05) is 13.2 Å². The Bertz CT molecular complexity index is 1160. The molecule has 0 aromatic carbocycles. The van der Waals surface area contributed by atoms with Gasteiger partial charge in [0.15, 0.2) is 6.10 Å². The summed E-state index contributed by atoms with van der Waals surface area (Å²) in [5, 5.41) is 0. The number of carbonyl (C=O) groups excluding carboxylic acids is 3. The fraction of sp³-hybridized carbons (Fsp3) is 0.727. The molecular formula is C55H94O6. The van der Waals surface area contributed by atoms with Crippen molar-refractivity contribution in [2.45, 2.75) is 245 Å². The van der Waals surface area contributed by atoms with Crippen LogP contribution in [0.3, 0.4) is 0 Å². The monoisotopic (exact) mass is 851 g/mol. The Kier molecular flexibility index (Phi) is 46.9. The molecule has 0 fully saturated rings. The average molecular weight is 851 g/mol. The zero-order valence-corrected chi connectivity index (χ0v) is 39.9. The van der Waals surface area contributed by atoms with Gasteiger partial charge in [-0.05, 0) is 64.2 Å². The van der Waals surface area contributed by atoms with Crippen LogP contribution < -0.4 is 0 Å². The minimum Gasteiger partial charge on any atom is -0.462 e. The van der Waals surface area contributed by atoms with E-state index in [4.69, 9.17) is 14.2 Å². The van der Waals surface area contributed by atoms with E-state index in [9.17, 15) is 14.4 Å². The highest BCUT2D eigenvalue weighted by atomic mass is 16.6. The Morgan fingerprint density at radius 1 is 0.361 bits per heavy atom. The van der Waals surface area contributed by atoms with Crippen LogP contribution in [0.1, 0.15) is 239 Å². The van der Waals surface area contributed by atoms with Crippen molar-refractivity contribution in [1.29, 1.82) is 0 Å². The third-order valence-corrected chi connectivity index (χ3v) is 10.8. The number of hydrogen-bond acceptors (Lipinski definition) is 6. The minimum absolute atomic E-state index is 0.0941. The minimum atomic E-state index is -0.797. The molecule has 0 N–H and O–H groups in total. The van der Waals surface area contributed by atoms with Crippen LogP contribution in [-0.2, 0) is 28.6 Å². The van der Waals surface area contributed by atoms with Crippen LogP contribution in [0.4, 0.5) is 0 Å². The van der Waals surface area contributed by atoms with E-state index in [1.807, 2.05) is 18.2 Å². The molecular weight excluding hydrogens is 757 g/mol. The van der Waals surface area contributed by atoms with Crippen molar-refractivity contribution in [1.82, 2.24) is 0 Å². The Morgan fingerprint density at radius 2 is 0.721 bits per heavy atom. The molecule has 0 aliphatic rings. The molecule has 0 bridgehead atoms. The van der Waals surface area contributed by atoms with E-state index in [2.05, 4.69) is 75.5 Å². The summed E-state index contributed by atoms with van der Waals surface area (Å²) in [6.07, 6.45) is 61.9. The van der Waals surface area contributed by atoms with Gasteiger partial charge in [0.05, 0.1) is 0 Å². The first-order chi connectivity index (χ1) is 30.0. The molecule has 0 radical (unpaired) electrons. The van der Waals surface area contributed by atoms with Gasteiger partial charge in [0.25, 0.3) is 0 Å². The van der Waals surface area contributed by atoms with E-state index in [0.717, 1.165) is 96.3 Å². The fourth-order valence-corrected chi connectivity index (χ4v) is 7.02. The third kappa shape index (κ3) is 47.7. The van der Waals surface area contributed by atoms with Crippen LogP contribution >= 0.6 is 0 Å². The molecule has 0 heterocycles. The van der Waals surface area contributed by atoms with E-state index >= 15 is 0 Å². The van der Waals surface area contributed by atoms with Gasteiger partial charge in [-0.2, -0.15) is 0 Å². The second-order valence-electron chi connectivity index (χ2n) is 16.8. The first-order valence-corrected chi connectivity index (χ1v) is 25.5. The van der Waals surface area contributed by atoms with Gasteiger partial charge < -0.3 is 14.2 Å². The van der Waals surface area contributed by atoms with Gasteiger partial charge in [-0.3, -0.25) is 14.4 Å². The summed E-state index contributed by atoms with van der Waals surface area (Å²) >= 11 is 0. The summed E-state index contributed by atoms with van der Waals surface area (Å²) < 4.78 is 16.7. The summed E-state index contributed by atoms with van der Waals surface area (Å²) in [4.78, 5) is 37.8. The molecule has 61 heavy (non-hydrogen) atoms. The quantitative estimate of drug-likeness (QED) is 0.0200. The van der Waals surface area contributed by atoms with Crippen molar-refractivity contribution < 1.29 is 28.6 Å². The lowest BCUT2D eigenvalue weighted by Crippen LogP contribution is -2.30. The first-order valence-electron chi connectivity index (χ1n) is 25.5. The number of rotatable bonds is 45. The van der Waals surface area contributed by atoms with Crippen molar-refractivity contribution in [3.8, 4) is 0 Å². The van der Waals surface area contributed by atoms with Crippen LogP contribution in [0, 0.1) is 0 Å². The summed E-state index contributed by atoms with van der Waals surface area (Å²) in [6, 6.07) is 0. The van der Waals surface area contributed by atoms with E-state index in [1.54, 1.807) is 0 Å². The molecule has 0 amide bonds. The number of unbranched alkanes of at least 4 members (excludes halogenated alkanes) is 25. The van der Waals surface area contributed by atoms with Crippen molar-refractivity contribution >= 4 is 17.9 Å². The molecule has 6 nitrogen and oxygen atoms in total. The topological polar surface area (TPSA) is 78.9 Å². The predicted octanol–water partition coefficient (Wildman–Crippen LogP) is 16.6. The van der Waals surface area contributed by atoms with Crippen LogP contribution in [0.5, 0.6) is 0 Å². The molecule has 1 unspecified atom stereocenters. The zero-order chi connectivity index (χ0) is 44.4. The van der Waals surface area contributed by atoms with Gasteiger partial charge in [0.1, 0.15) is 13.2 Å². The highest BCUT2D eigenvalue weighted by Crippen LogP contribution is 2.16. The number of allylic oxidation sites excluding steroid dienone is 12. The molecule has 1 atom stereocenters. The number of carbonyl (C=O) groups is 3. The van der Waals surface area contributed by atoms with Gasteiger partial charge in [-0.1, -0.05) is 229 Å². The highest BCUT2D eigenvalue weighted by Gasteiger charge is 2.19. The molecule has 0 saturated heterocycles. The summed E-state index contributed by atoms with van der Waals surface area (Å²) in [5.74, 6) is -0.954. The predicted molar refractivity (Wildman–Crippen MR) is 261 cm³/mol. The molecule has 0 aromatic heterocycles. The fourth-order valence-electron chi connectivity index (χ4n) is 7.02. The van der Waals surface area contributed by atoms with Gasteiger partial charge in [-0.25, -0.2) is 0 Å². The zero-order valence-electron chi connectivity index (χ0n) is 39.9. The first kappa shape index (κ1) is 57.9. The Labute approximate surface area is 376 Å². The van der Waals surface area contributed by atoms with Crippen molar-refractivity contribution in [2.24, 2.45) is 0 Å². The van der Waals surface area contributed by atoms with E-state index in [-0.39, 0.29) is 31.1 Å². The lowest BCUT2D eigenvalue weighted by molar-refractivity contribution is -0.167.